The van der Waals surface area contributed by atoms with Crippen LogP contribution < -0.4 is 4.74 Å². The average Bonchev–Trinajstić information content (AvgIpc) is 2.88. The molecule has 0 aliphatic carbocycles. The molecule has 1 amide bonds. The van der Waals surface area contributed by atoms with Crippen LogP contribution in [0.3, 0.4) is 0 Å². The van der Waals surface area contributed by atoms with Crippen molar-refractivity contribution in [2.45, 2.75) is 39.9 Å². The van der Waals surface area contributed by atoms with Crippen molar-refractivity contribution >= 4 is 5.91 Å². The van der Waals surface area contributed by atoms with E-state index >= 15 is 0 Å². The molecule has 1 aliphatic heterocycles. The third-order valence-corrected chi connectivity index (χ3v) is 4.70. The summed E-state index contributed by atoms with van der Waals surface area (Å²) < 4.78 is 13.1. The standard InChI is InChI=1S/C20H26N2O3/c1-13-10-19(20(23)21-11-14(2)25-15(3)12-21)16(4)22(13)17-6-8-18(24-5)9-7-17/h6-10,14-15H,11-12H2,1-5H3/t14-,15-/m1/s1. The van der Waals surface area contributed by atoms with E-state index in [0.717, 1.165) is 28.4 Å². The third kappa shape index (κ3) is 3.42. The lowest BCUT2D eigenvalue weighted by molar-refractivity contribution is -0.0586. The summed E-state index contributed by atoms with van der Waals surface area (Å²) in [6.07, 6.45) is 0.135. The van der Waals surface area contributed by atoms with Gasteiger partial charge in [0.25, 0.3) is 5.91 Å². The van der Waals surface area contributed by atoms with Crippen molar-refractivity contribution in [1.82, 2.24) is 9.47 Å². The van der Waals surface area contributed by atoms with Gasteiger partial charge < -0.3 is 18.9 Å². The molecule has 0 radical (unpaired) electrons. The minimum absolute atomic E-state index is 0.0674. The first-order valence-electron chi connectivity index (χ1n) is 8.68. The van der Waals surface area contributed by atoms with Gasteiger partial charge in [-0.15, -0.1) is 0 Å². The van der Waals surface area contributed by atoms with Crippen molar-refractivity contribution in [2.24, 2.45) is 0 Å². The fourth-order valence-corrected chi connectivity index (χ4v) is 3.62. The van der Waals surface area contributed by atoms with Crippen LogP contribution in [0.15, 0.2) is 30.3 Å². The Morgan fingerprint density at radius 3 is 2.28 bits per heavy atom. The maximum absolute atomic E-state index is 13.0. The maximum Gasteiger partial charge on any atom is 0.255 e. The molecule has 1 saturated heterocycles. The quantitative estimate of drug-likeness (QED) is 0.859. The number of methoxy groups -OCH3 is 1. The van der Waals surface area contributed by atoms with Gasteiger partial charge in [-0.2, -0.15) is 0 Å². The molecule has 5 nitrogen and oxygen atoms in total. The number of nitrogens with zero attached hydrogens (tertiary/aromatic N) is 2. The highest BCUT2D eigenvalue weighted by atomic mass is 16.5. The highest BCUT2D eigenvalue weighted by Gasteiger charge is 2.28. The molecule has 134 valence electrons. The van der Waals surface area contributed by atoms with Gasteiger partial charge in [-0.3, -0.25) is 4.79 Å². The van der Waals surface area contributed by atoms with Crippen LogP contribution in [0, 0.1) is 13.8 Å². The van der Waals surface area contributed by atoms with Crippen molar-refractivity contribution in [2.75, 3.05) is 20.2 Å². The molecule has 0 unspecified atom stereocenters. The lowest BCUT2D eigenvalue weighted by Crippen LogP contribution is -2.48. The SMILES string of the molecule is COc1ccc(-n2c(C)cc(C(=O)N3C[C@@H](C)O[C@H](C)C3)c2C)cc1. The number of aryl methyl sites for hydroxylation is 1. The predicted molar refractivity (Wildman–Crippen MR) is 97.7 cm³/mol. The number of ether oxygens (including phenoxy) is 2. The number of benzene rings is 1. The molecule has 1 aromatic heterocycles. The molecule has 25 heavy (non-hydrogen) atoms. The van der Waals surface area contributed by atoms with E-state index in [0.29, 0.717) is 13.1 Å². The molecule has 1 fully saturated rings. The van der Waals surface area contributed by atoms with Crippen LogP contribution in [-0.4, -0.2) is 47.8 Å². The van der Waals surface area contributed by atoms with Gasteiger partial charge in [0.15, 0.2) is 0 Å². The van der Waals surface area contributed by atoms with E-state index in [-0.39, 0.29) is 18.1 Å². The highest BCUT2D eigenvalue weighted by Crippen LogP contribution is 2.24. The van der Waals surface area contributed by atoms with Crippen LogP contribution >= 0.6 is 0 Å². The molecule has 1 aliphatic rings. The normalized spacial score (nSPS) is 20.6. The van der Waals surface area contributed by atoms with Gasteiger partial charge in [0.05, 0.1) is 24.9 Å². The second kappa shape index (κ2) is 6.92. The number of aromatic nitrogens is 1. The van der Waals surface area contributed by atoms with Crippen molar-refractivity contribution < 1.29 is 14.3 Å². The van der Waals surface area contributed by atoms with Crippen LogP contribution in [0.2, 0.25) is 0 Å². The van der Waals surface area contributed by atoms with E-state index in [9.17, 15) is 4.79 Å². The van der Waals surface area contributed by atoms with E-state index in [1.165, 1.54) is 0 Å². The minimum atomic E-state index is 0.0674. The van der Waals surface area contributed by atoms with Crippen LogP contribution in [0.5, 0.6) is 5.75 Å². The number of morpholine rings is 1. The van der Waals surface area contributed by atoms with Crippen LogP contribution in [-0.2, 0) is 4.74 Å². The molecule has 2 heterocycles. The van der Waals surface area contributed by atoms with E-state index in [4.69, 9.17) is 9.47 Å². The Labute approximate surface area is 149 Å². The zero-order valence-corrected chi connectivity index (χ0v) is 15.6. The van der Waals surface area contributed by atoms with Crippen molar-refractivity contribution in [1.29, 1.82) is 0 Å². The van der Waals surface area contributed by atoms with E-state index < -0.39 is 0 Å². The number of hydrogen-bond acceptors (Lipinski definition) is 3. The highest BCUT2D eigenvalue weighted by molar-refractivity contribution is 5.96. The first-order valence-corrected chi connectivity index (χ1v) is 8.68. The van der Waals surface area contributed by atoms with Gasteiger partial charge in [0.2, 0.25) is 0 Å². The fourth-order valence-electron chi connectivity index (χ4n) is 3.62. The predicted octanol–water partition coefficient (Wildman–Crippen LogP) is 3.35. The van der Waals surface area contributed by atoms with Crippen molar-refractivity contribution in [3.8, 4) is 11.4 Å². The molecular formula is C20H26N2O3. The molecule has 3 rings (SSSR count). The zero-order chi connectivity index (χ0) is 18.1. The summed E-state index contributed by atoms with van der Waals surface area (Å²) in [6, 6.07) is 9.85. The first kappa shape index (κ1) is 17.5. The molecular weight excluding hydrogens is 316 g/mol. The topological polar surface area (TPSA) is 43.7 Å². The second-order valence-corrected chi connectivity index (χ2v) is 6.79. The number of amides is 1. The van der Waals surface area contributed by atoms with Gasteiger partial charge in [-0.1, -0.05) is 0 Å². The minimum Gasteiger partial charge on any atom is -0.497 e. The van der Waals surface area contributed by atoms with Crippen LogP contribution in [0.1, 0.15) is 35.6 Å². The Bertz CT molecular complexity index is 754. The summed E-state index contributed by atoms with van der Waals surface area (Å²) in [6.45, 7) is 9.31. The Kier molecular flexibility index (Phi) is 4.86. The largest absolute Gasteiger partial charge is 0.497 e. The van der Waals surface area contributed by atoms with Gasteiger partial charge in [-0.05, 0) is 58.0 Å². The van der Waals surface area contributed by atoms with Gasteiger partial charge in [0, 0.05) is 30.2 Å². The Morgan fingerprint density at radius 2 is 1.72 bits per heavy atom. The smallest absolute Gasteiger partial charge is 0.255 e. The Balaban J connectivity index is 1.92. The Hall–Kier alpha value is -2.27. The zero-order valence-electron chi connectivity index (χ0n) is 15.6. The summed E-state index contributed by atoms with van der Waals surface area (Å²) in [5, 5.41) is 0. The summed E-state index contributed by atoms with van der Waals surface area (Å²) in [4.78, 5) is 14.9. The average molecular weight is 342 g/mol. The van der Waals surface area contributed by atoms with E-state index in [1.54, 1.807) is 7.11 Å². The van der Waals surface area contributed by atoms with Crippen LogP contribution in [0.25, 0.3) is 5.69 Å². The van der Waals surface area contributed by atoms with Crippen molar-refractivity contribution in [3.63, 3.8) is 0 Å². The summed E-state index contributed by atoms with van der Waals surface area (Å²) in [5.74, 6) is 0.897. The monoisotopic (exact) mass is 342 g/mol. The second-order valence-electron chi connectivity index (χ2n) is 6.79. The molecule has 2 atom stereocenters. The fraction of sp³-hybridized carbons (Fsp3) is 0.450. The summed E-state index contributed by atoms with van der Waals surface area (Å²) >= 11 is 0. The summed E-state index contributed by atoms with van der Waals surface area (Å²) in [7, 11) is 1.66. The molecule has 2 aromatic rings. The van der Waals surface area contributed by atoms with Crippen molar-refractivity contribution in [3.05, 3.63) is 47.3 Å². The molecule has 0 N–H and O–H groups in total. The summed E-state index contributed by atoms with van der Waals surface area (Å²) in [5.41, 5.74) is 3.79. The van der Waals surface area contributed by atoms with Gasteiger partial charge in [0.1, 0.15) is 5.75 Å². The molecule has 0 bridgehead atoms. The third-order valence-electron chi connectivity index (χ3n) is 4.70. The first-order chi connectivity index (χ1) is 11.9. The maximum atomic E-state index is 13.0. The lowest BCUT2D eigenvalue weighted by Gasteiger charge is -2.35. The molecule has 0 spiro atoms. The number of hydrogen-bond donors (Lipinski definition) is 0. The number of rotatable bonds is 3. The van der Waals surface area contributed by atoms with Gasteiger partial charge in [-0.25, -0.2) is 0 Å². The lowest BCUT2D eigenvalue weighted by atomic mass is 10.1. The van der Waals surface area contributed by atoms with Gasteiger partial charge >= 0.3 is 0 Å². The molecule has 5 heteroatoms. The van der Waals surface area contributed by atoms with Crippen LogP contribution in [0.4, 0.5) is 0 Å². The number of carbonyl (C=O) groups excluding carboxylic acids is 1. The Morgan fingerprint density at radius 1 is 1.12 bits per heavy atom. The molecule has 0 saturated carbocycles. The van der Waals surface area contributed by atoms with E-state index in [2.05, 4.69) is 4.57 Å². The molecule has 1 aromatic carbocycles. The van der Waals surface area contributed by atoms with E-state index in [1.807, 2.05) is 62.9 Å². The number of carbonyl (C=O) groups is 1.